The van der Waals surface area contributed by atoms with Crippen molar-refractivity contribution in [2.45, 2.75) is 51.4 Å². The fourth-order valence-electron chi connectivity index (χ4n) is 4.46. The molecule has 0 unspecified atom stereocenters. The molecule has 0 aliphatic heterocycles. The monoisotopic (exact) mass is 424 g/mol. The van der Waals surface area contributed by atoms with Gasteiger partial charge in [0.25, 0.3) is 0 Å². The molecule has 0 bridgehead atoms. The summed E-state index contributed by atoms with van der Waals surface area (Å²) in [6.45, 7) is 2.18. The Hall–Kier alpha value is -2.80. The van der Waals surface area contributed by atoms with Gasteiger partial charge in [0.15, 0.2) is 17.5 Å². The lowest BCUT2D eigenvalue weighted by molar-refractivity contribution is 0.384. The molecule has 31 heavy (non-hydrogen) atoms. The molecule has 4 rings (SSSR count). The number of rotatable bonds is 3. The zero-order valence-electron chi connectivity index (χ0n) is 17.5. The van der Waals surface area contributed by atoms with Gasteiger partial charge in [0.2, 0.25) is 0 Å². The van der Waals surface area contributed by atoms with E-state index >= 15 is 0 Å². The second kappa shape index (κ2) is 9.14. The number of hydrogen-bond donors (Lipinski definition) is 0. The minimum atomic E-state index is -1.66. The molecule has 0 atom stereocenters. The normalized spacial score (nSPS) is 18.6. The number of benzene rings is 3. The Labute approximate surface area is 180 Å². The van der Waals surface area contributed by atoms with Gasteiger partial charge < -0.3 is 0 Å². The molecule has 3 aromatic carbocycles. The van der Waals surface area contributed by atoms with Gasteiger partial charge >= 0.3 is 0 Å². The SMILES string of the molecule is CCCc1ccc(C2CCC(C#Cc3cc(F)c4c(F)c(F)c(F)cc4c3)CC2)cc1. The molecule has 0 nitrogen and oxygen atoms in total. The summed E-state index contributed by atoms with van der Waals surface area (Å²) in [5.41, 5.74) is 3.08. The standard InChI is InChI=1S/C27H24F4/c1-2-3-17-6-10-20(11-7-17)21-12-8-18(9-13-21)4-5-19-14-22-16-24(29)26(30)27(31)25(22)23(28)15-19/h6-7,10-11,14-16,18,21H,2-3,8-9,12-13H2,1H3. The molecular formula is C27H24F4. The van der Waals surface area contributed by atoms with Gasteiger partial charge in [0.05, 0.1) is 5.39 Å². The summed E-state index contributed by atoms with van der Waals surface area (Å²) in [5.74, 6) is 1.43. The molecule has 0 spiro atoms. The van der Waals surface area contributed by atoms with E-state index in [1.54, 1.807) is 0 Å². The van der Waals surface area contributed by atoms with E-state index < -0.39 is 28.7 Å². The average Bonchev–Trinajstić information content (AvgIpc) is 2.77. The van der Waals surface area contributed by atoms with Crippen molar-refractivity contribution in [3.8, 4) is 11.8 Å². The molecule has 0 saturated heterocycles. The molecule has 0 heterocycles. The van der Waals surface area contributed by atoms with Crippen LogP contribution in [0.3, 0.4) is 0 Å². The van der Waals surface area contributed by atoms with Crippen LogP contribution >= 0.6 is 0 Å². The highest BCUT2D eigenvalue weighted by atomic mass is 19.2. The van der Waals surface area contributed by atoms with E-state index in [2.05, 4.69) is 43.0 Å². The van der Waals surface area contributed by atoms with E-state index in [4.69, 9.17) is 0 Å². The summed E-state index contributed by atoms with van der Waals surface area (Å²) in [6, 6.07) is 12.2. The molecule has 160 valence electrons. The van der Waals surface area contributed by atoms with Crippen LogP contribution in [0.1, 0.15) is 61.6 Å². The average molecular weight is 424 g/mol. The topological polar surface area (TPSA) is 0 Å². The van der Waals surface area contributed by atoms with Gasteiger partial charge in [0, 0.05) is 11.5 Å². The largest absolute Gasteiger partial charge is 0.206 e. The zero-order chi connectivity index (χ0) is 22.0. The van der Waals surface area contributed by atoms with Crippen molar-refractivity contribution in [2.75, 3.05) is 0 Å². The van der Waals surface area contributed by atoms with Crippen LogP contribution in [0.15, 0.2) is 42.5 Å². The first-order chi connectivity index (χ1) is 15.0. The first-order valence-electron chi connectivity index (χ1n) is 10.8. The Morgan fingerprint density at radius 3 is 2.23 bits per heavy atom. The lowest BCUT2D eigenvalue weighted by Gasteiger charge is -2.26. The number of hydrogen-bond acceptors (Lipinski definition) is 0. The first kappa shape index (κ1) is 21.4. The minimum absolute atomic E-state index is 0.0315. The summed E-state index contributed by atoms with van der Waals surface area (Å²) in [6.07, 6.45) is 6.26. The molecule has 1 saturated carbocycles. The number of fused-ring (bicyclic) bond motifs is 1. The van der Waals surface area contributed by atoms with Crippen LogP contribution in [0, 0.1) is 41.0 Å². The lowest BCUT2D eigenvalue weighted by atomic mass is 9.78. The highest BCUT2D eigenvalue weighted by Gasteiger charge is 2.21. The van der Waals surface area contributed by atoms with Crippen molar-refractivity contribution in [3.63, 3.8) is 0 Å². The Kier molecular flexibility index (Phi) is 6.32. The molecule has 3 aromatic rings. The van der Waals surface area contributed by atoms with Gasteiger partial charge in [-0.1, -0.05) is 49.5 Å². The fourth-order valence-corrected chi connectivity index (χ4v) is 4.46. The predicted octanol–water partition coefficient (Wildman–Crippen LogP) is 7.67. The van der Waals surface area contributed by atoms with Gasteiger partial charge in [-0.2, -0.15) is 0 Å². The molecule has 0 radical (unpaired) electrons. The van der Waals surface area contributed by atoms with Crippen molar-refractivity contribution in [2.24, 2.45) is 5.92 Å². The second-order valence-corrected chi connectivity index (χ2v) is 8.35. The third kappa shape index (κ3) is 4.61. The smallest absolute Gasteiger partial charge is 0.195 e. The molecule has 1 aliphatic carbocycles. The van der Waals surface area contributed by atoms with Crippen LogP contribution in [0.4, 0.5) is 17.6 Å². The van der Waals surface area contributed by atoms with E-state index in [1.807, 2.05) is 0 Å². The molecule has 4 heteroatoms. The maximum atomic E-state index is 14.3. The Balaban J connectivity index is 1.45. The van der Waals surface area contributed by atoms with Crippen LogP contribution in [-0.4, -0.2) is 0 Å². The quantitative estimate of drug-likeness (QED) is 0.230. The highest BCUT2D eigenvalue weighted by molar-refractivity contribution is 5.85. The van der Waals surface area contributed by atoms with Gasteiger partial charge in [-0.25, -0.2) is 17.6 Å². The van der Waals surface area contributed by atoms with Crippen LogP contribution in [0.25, 0.3) is 10.8 Å². The first-order valence-corrected chi connectivity index (χ1v) is 10.8. The zero-order valence-corrected chi connectivity index (χ0v) is 17.5. The van der Waals surface area contributed by atoms with Crippen LogP contribution in [-0.2, 0) is 6.42 Å². The predicted molar refractivity (Wildman–Crippen MR) is 116 cm³/mol. The van der Waals surface area contributed by atoms with Crippen molar-refractivity contribution in [1.29, 1.82) is 0 Å². The lowest BCUT2D eigenvalue weighted by Crippen LogP contribution is -2.12. The van der Waals surface area contributed by atoms with Gasteiger partial charge in [-0.3, -0.25) is 0 Å². The van der Waals surface area contributed by atoms with E-state index in [0.29, 0.717) is 11.5 Å². The summed E-state index contributed by atoms with van der Waals surface area (Å²) < 4.78 is 55.1. The maximum Gasteiger partial charge on any atom is 0.195 e. The summed E-state index contributed by atoms with van der Waals surface area (Å²) in [5, 5.41) is -0.578. The Bertz CT molecular complexity index is 1140. The molecular weight excluding hydrogens is 400 g/mol. The van der Waals surface area contributed by atoms with Crippen LogP contribution in [0.2, 0.25) is 0 Å². The van der Waals surface area contributed by atoms with Crippen molar-refractivity contribution in [3.05, 3.63) is 82.4 Å². The third-order valence-electron chi connectivity index (χ3n) is 6.16. The highest BCUT2D eigenvalue weighted by Crippen LogP contribution is 2.36. The Morgan fingerprint density at radius 2 is 1.55 bits per heavy atom. The molecule has 0 amide bonds. The second-order valence-electron chi connectivity index (χ2n) is 8.35. The van der Waals surface area contributed by atoms with Crippen molar-refractivity contribution >= 4 is 10.8 Å². The fraction of sp³-hybridized carbons (Fsp3) is 0.333. The van der Waals surface area contributed by atoms with Crippen LogP contribution in [0.5, 0.6) is 0 Å². The molecule has 1 aliphatic rings. The third-order valence-corrected chi connectivity index (χ3v) is 6.16. The van der Waals surface area contributed by atoms with E-state index in [9.17, 15) is 17.6 Å². The summed E-state index contributed by atoms with van der Waals surface area (Å²) in [7, 11) is 0. The summed E-state index contributed by atoms with van der Waals surface area (Å²) in [4.78, 5) is 0. The van der Waals surface area contributed by atoms with E-state index in [-0.39, 0.29) is 11.3 Å². The van der Waals surface area contributed by atoms with Gasteiger partial charge in [0.1, 0.15) is 5.82 Å². The van der Waals surface area contributed by atoms with Crippen molar-refractivity contribution < 1.29 is 17.6 Å². The van der Waals surface area contributed by atoms with Gasteiger partial charge in [-0.05, 0) is 72.7 Å². The van der Waals surface area contributed by atoms with E-state index in [1.165, 1.54) is 17.2 Å². The van der Waals surface area contributed by atoms with Gasteiger partial charge in [-0.15, -0.1) is 0 Å². The molecule has 0 aromatic heterocycles. The minimum Gasteiger partial charge on any atom is -0.206 e. The van der Waals surface area contributed by atoms with E-state index in [0.717, 1.165) is 50.7 Å². The Morgan fingerprint density at radius 1 is 0.839 bits per heavy atom. The maximum absolute atomic E-state index is 14.3. The molecule has 1 fully saturated rings. The molecule has 0 N–H and O–H groups in total. The number of halogens is 4. The summed E-state index contributed by atoms with van der Waals surface area (Å²) >= 11 is 0. The number of aryl methyl sites for hydroxylation is 1. The van der Waals surface area contributed by atoms with Crippen LogP contribution < -0.4 is 0 Å². The van der Waals surface area contributed by atoms with Crippen molar-refractivity contribution in [1.82, 2.24) is 0 Å².